The van der Waals surface area contributed by atoms with E-state index in [1.165, 1.54) is 21.7 Å². The lowest BCUT2D eigenvalue weighted by molar-refractivity contribution is -0.123. The van der Waals surface area contributed by atoms with Gasteiger partial charge in [0.25, 0.3) is 10.0 Å². The molecule has 3 aromatic rings. The van der Waals surface area contributed by atoms with E-state index in [-0.39, 0.29) is 16.7 Å². The number of aromatic nitrogens is 1. The quantitative estimate of drug-likeness (QED) is 0.418. The van der Waals surface area contributed by atoms with Gasteiger partial charge in [-0.15, -0.1) is 11.3 Å². The predicted molar refractivity (Wildman–Crippen MR) is 141 cm³/mol. The van der Waals surface area contributed by atoms with Crippen LogP contribution in [0.3, 0.4) is 0 Å². The zero-order valence-corrected chi connectivity index (χ0v) is 22.7. The van der Waals surface area contributed by atoms with E-state index in [4.69, 9.17) is 16.6 Å². The summed E-state index contributed by atoms with van der Waals surface area (Å²) in [4.78, 5) is 22.4. The maximum Gasteiger partial charge on any atom is 0.252 e. The fraction of sp³-hybridized carbons (Fsp3) is 0.478. The van der Waals surface area contributed by atoms with Crippen LogP contribution in [-0.4, -0.2) is 68.8 Å². The molecule has 0 saturated carbocycles. The van der Waals surface area contributed by atoms with Crippen molar-refractivity contribution in [3.8, 4) is 0 Å². The molecule has 1 aliphatic heterocycles. The molecule has 1 saturated heterocycles. The molecule has 0 radical (unpaired) electrons. The summed E-state index contributed by atoms with van der Waals surface area (Å²) in [7, 11) is 0.261. The fourth-order valence-corrected chi connectivity index (χ4v) is 8.35. The molecule has 0 N–H and O–H groups in total. The standard InChI is InChI=1S/C23H29ClN4O3S3/c1-4-16-7-5-9-18-21(16)25-23(32-18)28(14-13-26(2)3)22(29)17-8-6-12-27(15-17)34(30,31)20-11-10-19(24)33-20/h5,7,9-11,17H,4,6,8,12-15H2,1-3H3. The summed E-state index contributed by atoms with van der Waals surface area (Å²) in [6.07, 6.45) is 2.16. The number of fused-ring (bicyclic) bond motifs is 1. The molecular weight excluding hydrogens is 512 g/mol. The lowest BCUT2D eigenvalue weighted by Crippen LogP contribution is -2.48. The van der Waals surface area contributed by atoms with E-state index in [2.05, 4.69) is 13.0 Å². The Bertz CT molecular complexity index is 1270. The van der Waals surface area contributed by atoms with E-state index in [0.717, 1.165) is 33.5 Å². The second-order valence-electron chi connectivity index (χ2n) is 8.67. The van der Waals surface area contributed by atoms with Crippen molar-refractivity contribution in [1.82, 2.24) is 14.2 Å². The fourth-order valence-electron chi connectivity index (χ4n) is 4.14. The van der Waals surface area contributed by atoms with Crippen LogP contribution in [-0.2, 0) is 21.2 Å². The lowest BCUT2D eigenvalue weighted by atomic mass is 9.98. The first-order valence-electron chi connectivity index (χ1n) is 11.3. The normalized spacial score (nSPS) is 17.5. The zero-order valence-electron chi connectivity index (χ0n) is 19.5. The number of carbonyl (C=O) groups excluding carboxylic acids is 1. The number of likely N-dealkylation sites (N-methyl/N-ethyl adjacent to an activating group) is 1. The Morgan fingerprint density at radius 2 is 2.00 bits per heavy atom. The summed E-state index contributed by atoms with van der Waals surface area (Å²) >= 11 is 8.53. The minimum absolute atomic E-state index is 0.0666. The summed E-state index contributed by atoms with van der Waals surface area (Å²) in [6, 6.07) is 9.25. The number of aryl methyl sites for hydroxylation is 1. The van der Waals surface area contributed by atoms with E-state index in [0.29, 0.717) is 41.9 Å². The summed E-state index contributed by atoms with van der Waals surface area (Å²) < 4.78 is 29.4. The number of rotatable bonds is 8. The maximum atomic E-state index is 13.8. The van der Waals surface area contributed by atoms with Gasteiger partial charge in [0.05, 0.1) is 20.5 Å². The molecule has 1 aromatic carbocycles. The zero-order chi connectivity index (χ0) is 24.5. The number of thiophene rings is 1. The van der Waals surface area contributed by atoms with E-state index in [1.807, 2.05) is 31.1 Å². The molecular formula is C23H29ClN4O3S3. The predicted octanol–water partition coefficient (Wildman–Crippen LogP) is 4.57. The molecule has 0 spiro atoms. The van der Waals surface area contributed by atoms with Gasteiger partial charge in [0.1, 0.15) is 4.21 Å². The summed E-state index contributed by atoms with van der Waals surface area (Å²) in [5, 5.41) is 0.674. The highest BCUT2D eigenvalue weighted by molar-refractivity contribution is 7.91. The van der Waals surface area contributed by atoms with Crippen molar-refractivity contribution in [3.05, 3.63) is 40.2 Å². The Morgan fingerprint density at radius 3 is 2.68 bits per heavy atom. The smallest absolute Gasteiger partial charge is 0.252 e. The van der Waals surface area contributed by atoms with Crippen molar-refractivity contribution < 1.29 is 13.2 Å². The lowest BCUT2D eigenvalue weighted by Gasteiger charge is -2.33. The first-order chi connectivity index (χ1) is 16.2. The molecule has 0 bridgehead atoms. The van der Waals surface area contributed by atoms with Crippen molar-refractivity contribution >= 4 is 65.6 Å². The third-order valence-electron chi connectivity index (χ3n) is 6.02. The number of anilines is 1. The largest absolute Gasteiger partial charge is 0.308 e. The van der Waals surface area contributed by atoms with Gasteiger partial charge >= 0.3 is 0 Å². The number of halogens is 1. The highest BCUT2D eigenvalue weighted by Gasteiger charge is 2.36. The maximum absolute atomic E-state index is 13.8. The monoisotopic (exact) mass is 540 g/mol. The van der Waals surface area contributed by atoms with Crippen molar-refractivity contribution in [1.29, 1.82) is 0 Å². The van der Waals surface area contributed by atoms with Crippen molar-refractivity contribution in [3.63, 3.8) is 0 Å². The molecule has 34 heavy (non-hydrogen) atoms. The molecule has 0 aliphatic carbocycles. The van der Waals surface area contributed by atoms with Crippen molar-refractivity contribution in [2.75, 3.05) is 45.2 Å². The average Bonchev–Trinajstić information content (AvgIpc) is 3.45. The molecule has 3 heterocycles. The molecule has 184 valence electrons. The molecule has 1 unspecified atom stereocenters. The number of para-hydroxylation sites is 1. The SMILES string of the molecule is CCc1cccc2sc(N(CCN(C)C)C(=O)C3CCCN(S(=O)(=O)c4ccc(Cl)s4)C3)nc12. The van der Waals surface area contributed by atoms with Crippen LogP contribution in [0.15, 0.2) is 34.5 Å². The van der Waals surface area contributed by atoms with Gasteiger partial charge in [-0.1, -0.05) is 42.0 Å². The number of nitrogens with zero attached hydrogens (tertiary/aromatic N) is 4. The number of hydrogen-bond acceptors (Lipinski definition) is 7. The van der Waals surface area contributed by atoms with Gasteiger partial charge in [-0.2, -0.15) is 4.31 Å². The van der Waals surface area contributed by atoms with Crippen molar-refractivity contribution in [2.45, 2.75) is 30.4 Å². The molecule has 1 fully saturated rings. The van der Waals surface area contributed by atoms with E-state index in [1.54, 1.807) is 11.0 Å². The number of benzene rings is 1. The number of thiazole rings is 1. The van der Waals surface area contributed by atoms with Gasteiger partial charge in [0, 0.05) is 26.2 Å². The highest BCUT2D eigenvalue weighted by Crippen LogP contribution is 2.34. The Hall–Kier alpha value is -1.56. The third kappa shape index (κ3) is 5.32. The molecule has 4 rings (SSSR count). The summed E-state index contributed by atoms with van der Waals surface area (Å²) in [6.45, 7) is 3.85. The average molecular weight is 541 g/mol. The topological polar surface area (TPSA) is 73.8 Å². The molecule has 1 amide bonds. The van der Waals surface area contributed by atoms with E-state index >= 15 is 0 Å². The van der Waals surface area contributed by atoms with Crippen LogP contribution >= 0.6 is 34.3 Å². The van der Waals surface area contributed by atoms with Gasteiger partial charge in [-0.25, -0.2) is 13.4 Å². The first-order valence-corrected chi connectivity index (χ1v) is 14.8. The number of hydrogen-bond donors (Lipinski definition) is 0. The van der Waals surface area contributed by atoms with Crippen LogP contribution in [0.4, 0.5) is 5.13 Å². The number of sulfonamides is 1. The number of amides is 1. The van der Waals surface area contributed by atoms with E-state index < -0.39 is 15.9 Å². The van der Waals surface area contributed by atoms with Crippen LogP contribution in [0.25, 0.3) is 10.2 Å². The van der Waals surface area contributed by atoms with Crippen LogP contribution < -0.4 is 4.90 Å². The second-order valence-corrected chi connectivity index (χ2v) is 13.6. The minimum Gasteiger partial charge on any atom is -0.308 e. The minimum atomic E-state index is -3.68. The second kappa shape index (κ2) is 10.6. The Morgan fingerprint density at radius 1 is 1.21 bits per heavy atom. The molecule has 2 aromatic heterocycles. The first kappa shape index (κ1) is 25.5. The summed E-state index contributed by atoms with van der Waals surface area (Å²) in [5.41, 5.74) is 2.10. The molecule has 1 atom stereocenters. The Labute approximate surface area is 214 Å². The highest BCUT2D eigenvalue weighted by atomic mass is 35.5. The van der Waals surface area contributed by atoms with Gasteiger partial charge < -0.3 is 4.90 Å². The van der Waals surface area contributed by atoms with Crippen molar-refractivity contribution in [2.24, 2.45) is 5.92 Å². The van der Waals surface area contributed by atoms with Crippen LogP contribution in [0.2, 0.25) is 4.34 Å². The van der Waals surface area contributed by atoms with Crippen LogP contribution in [0.1, 0.15) is 25.3 Å². The molecule has 7 nitrogen and oxygen atoms in total. The summed E-state index contributed by atoms with van der Waals surface area (Å²) in [5.74, 6) is -0.484. The molecule has 1 aliphatic rings. The third-order valence-corrected chi connectivity index (χ3v) is 10.6. The van der Waals surface area contributed by atoms with E-state index in [9.17, 15) is 13.2 Å². The molecule has 11 heteroatoms. The van der Waals surface area contributed by atoms with Gasteiger partial charge in [0.2, 0.25) is 5.91 Å². The number of carbonyl (C=O) groups is 1. The Balaban J connectivity index is 1.61. The number of piperidine rings is 1. The van der Waals surface area contributed by atoms with Gasteiger partial charge in [-0.3, -0.25) is 9.69 Å². The van der Waals surface area contributed by atoms with Crippen LogP contribution in [0.5, 0.6) is 0 Å². The van der Waals surface area contributed by atoms with Gasteiger partial charge in [0.15, 0.2) is 5.13 Å². The van der Waals surface area contributed by atoms with Gasteiger partial charge in [-0.05, 0) is 57.1 Å². The Kier molecular flexibility index (Phi) is 7.95. The van der Waals surface area contributed by atoms with Crippen LogP contribution in [0, 0.1) is 5.92 Å².